The molecule has 2 atom stereocenters. The van der Waals surface area contributed by atoms with Crippen LogP contribution in [0.3, 0.4) is 0 Å². The molecule has 1 aliphatic rings. The summed E-state index contributed by atoms with van der Waals surface area (Å²) in [5, 5.41) is 3.76. The quantitative estimate of drug-likeness (QED) is 0.861. The number of ether oxygens (including phenoxy) is 1. The van der Waals surface area contributed by atoms with Crippen LogP contribution in [0.1, 0.15) is 24.4 Å². The number of hydrogen-bond acceptors (Lipinski definition) is 4. The molecule has 1 aliphatic heterocycles. The van der Waals surface area contributed by atoms with E-state index in [9.17, 15) is 0 Å². The van der Waals surface area contributed by atoms with E-state index >= 15 is 0 Å². The molecule has 20 heavy (non-hydrogen) atoms. The van der Waals surface area contributed by atoms with Crippen molar-refractivity contribution in [2.24, 2.45) is 0 Å². The highest BCUT2D eigenvalue weighted by molar-refractivity contribution is 9.10. The van der Waals surface area contributed by atoms with Crippen molar-refractivity contribution in [3.63, 3.8) is 0 Å². The van der Waals surface area contributed by atoms with Crippen LogP contribution in [-0.4, -0.2) is 29.3 Å². The summed E-state index contributed by atoms with van der Waals surface area (Å²) >= 11 is 3.47. The molecule has 1 fully saturated rings. The summed E-state index contributed by atoms with van der Waals surface area (Å²) in [6.45, 7) is 4.62. The highest BCUT2D eigenvalue weighted by Gasteiger charge is 2.30. The Balaban J connectivity index is 1.74. The second kappa shape index (κ2) is 6.08. The average molecular weight is 337 g/mol. The second-order valence-corrected chi connectivity index (χ2v) is 5.95. The molecule has 0 unspecified atom stereocenters. The zero-order valence-corrected chi connectivity index (χ0v) is 12.9. The van der Waals surface area contributed by atoms with Crippen LogP contribution in [0.5, 0.6) is 0 Å². The lowest BCUT2D eigenvalue weighted by Crippen LogP contribution is -2.44. The maximum absolute atomic E-state index is 5.96. The summed E-state index contributed by atoms with van der Waals surface area (Å²) in [5.74, 6) is 0.897. The summed E-state index contributed by atoms with van der Waals surface area (Å²) in [7, 11) is 0. The van der Waals surface area contributed by atoms with Gasteiger partial charge in [-0.15, -0.1) is 0 Å². The lowest BCUT2D eigenvalue weighted by molar-refractivity contribution is -0.0723. The minimum atomic E-state index is 0.0970. The molecule has 1 aromatic heterocycles. The van der Waals surface area contributed by atoms with Crippen LogP contribution in [0.15, 0.2) is 45.5 Å². The molecule has 1 saturated heterocycles. The molecule has 0 amide bonds. The molecular formula is C15H17BrN2O2. The Bertz CT molecular complexity index is 542. The van der Waals surface area contributed by atoms with Gasteiger partial charge in [-0.2, -0.15) is 0 Å². The Morgan fingerprint density at radius 1 is 1.30 bits per heavy atom. The Hall–Kier alpha value is -1.17. The molecule has 3 rings (SSSR count). The summed E-state index contributed by atoms with van der Waals surface area (Å²) in [6, 6.07) is 10.6. The largest absolute Gasteiger partial charge is 0.371 e. The fourth-order valence-electron chi connectivity index (χ4n) is 2.61. The van der Waals surface area contributed by atoms with Crippen molar-refractivity contribution in [2.45, 2.75) is 25.6 Å². The molecule has 0 radical (unpaired) electrons. The normalized spacial score (nSPS) is 23.9. The molecule has 2 aromatic rings. The van der Waals surface area contributed by atoms with Crippen molar-refractivity contribution < 1.29 is 9.26 Å². The first-order valence-electron chi connectivity index (χ1n) is 6.75. The van der Waals surface area contributed by atoms with Gasteiger partial charge in [0, 0.05) is 23.1 Å². The van der Waals surface area contributed by atoms with E-state index in [2.05, 4.69) is 57.2 Å². The van der Waals surface area contributed by atoms with Crippen LogP contribution in [0, 0.1) is 0 Å². The third-order valence-electron chi connectivity index (χ3n) is 3.74. The summed E-state index contributed by atoms with van der Waals surface area (Å²) in [6.07, 6.45) is 1.78. The first-order chi connectivity index (χ1) is 9.74. The van der Waals surface area contributed by atoms with E-state index in [0.717, 1.165) is 29.9 Å². The standard InChI is InChI=1S/C15H17BrN2O2/c1-11-15(12-2-4-13(16)5-3-12)19-9-8-18(11)10-14-6-7-17-20-14/h2-7,11,15H,8-10H2,1H3/t11-,15-/m1/s1. The Kier molecular flexibility index (Phi) is 4.19. The maximum atomic E-state index is 5.96. The van der Waals surface area contributed by atoms with Crippen LogP contribution in [0.25, 0.3) is 0 Å². The SMILES string of the molecule is C[C@@H]1[C@H](c2ccc(Br)cc2)OCCN1Cc1ccno1. The molecule has 0 N–H and O–H groups in total. The van der Waals surface area contributed by atoms with Crippen molar-refractivity contribution in [1.82, 2.24) is 10.1 Å². The van der Waals surface area contributed by atoms with E-state index in [0.29, 0.717) is 6.04 Å². The van der Waals surface area contributed by atoms with Crippen LogP contribution in [0.2, 0.25) is 0 Å². The molecule has 4 nitrogen and oxygen atoms in total. The number of benzene rings is 1. The molecule has 0 saturated carbocycles. The summed E-state index contributed by atoms with van der Waals surface area (Å²) in [4.78, 5) is 2.37. The highest BCUT2D eigenvalue weighted by atomic mass is 79.9. The number of aromatic nitrogens is 1. The topological polar surface area (TPSA) is 38.5 Å². The van der Waals surface area contributed by atoms with Gasteiger partial charge in [-0.1, -0.05) is 33.2 Å². The number of nitrogens with zero attached hydrogens (tertiary/aromatic N) is 2. The first kappa shape index (κ1) is 13.8. The zero-order chi connectivity index (χ0) is 13.9. The van der Waals surface area contributed by atoms with Crippen molar-refractivity contribution in [3.05, 3.63) is 52.3 Å². The Morgan fingerprint density at radius 2 is 2.10 bits per heavy atom. The van der Waals surface area contributed by atoms with Gasteiger partial charge in [-0.05, 0) is 24.6 Å². The average Bonchev–Trinajstić information content (AvgIpc) is 2.95. The van der Waals surface area contributed by atoms with Crippen LogP contribution in [0.4, 0.5) is 0 Å². The Morgan fingerprint density at radius 3 is 2.80 bits per heavy atom. The fourth-order valence-corrected chi connectivity index (χ4v) is 2.87. The van der Waals surface area contributed by atoms with Gasteiger partial charge >= 0.3 is 0 Å². The Labute approximate surface area is 126 Å². The maximum Gasteiger partial charge on any atom is 0.150 e. The fraction of sp³-hybridized carbons (Fsp3) is 0.400. The number of halogens is 1. The van der Waals surface area contributed by atoms with E-state index in [1.807, 2.05) is 6.07 Å². The molecular weight excluding hydrogens is 320 g/mol. The van der Waals surface area contributed by atoms with Crippen LogP contribution in [-0.2, 0) is 11.3 Å². The second-order valence-electron chi connectivity index (χ2n) is 5.03. The van der Waals surface area contributed by atoms with Gasteiger partial charge in [0.15, 0.2) is 5.76 Å². The van der Waals surface area contributed by atoms with E-state index in [1.165, 1.54) is 5.56 Å². The van der Waals surface area contributed by atoms with Crippen molar-refractivity contribution in [3.8, 4) is 0 Å². The molecule has 106 valence electrons. The van der Waals surface area contributed by atoms with E-state index in [-0.39, 0.29) is 6.10 Å². The van der Waals surface area contributed by atoms with Gasteiger partial charge in [0.05, 0.1) is 25.5 Å². The minimum Gasteiger partial charge on any atom is -0.371 e. The lowest BCUT2D eigenvalue weighted by Gasteiger charge is -2.39. The van der Waals surface area contributed by atoms with Crippen LogP contribution < -0.4 is 0 Å². The van der Waals surface area contributed by atoms with E-state index in [4.69, 9.17) is 9.26 Å². The third kappa shape index (κ3) is 2.95. The lowest BCUT2D eigenvalue weighted by atomic mass is 10.0. The van der Waals surface area contributed by atoms with E-state index < -0.39 is 0 Å². The smallest absolute Gasteiger partial charge is 0.150 e. The molecule has 0 aliphatic carbocycles. The monoisotopic (exact) mass is 336 g/mol. The van der Waals surface area contributed by atoms with Crippen LogP contribution >= 0.6 is 15.9 Å². The molecule has 2 heterocycles. The highest BCUT2D eigenvalue weighted by Crippen LogP contribution is 2.30. The number of rotatable bonds is 3. The number of hydrogen-bond donors (Lipinski definition) is 0. The number of morpholine rings is 1. The zero-order valence-electron chi connectivity index (χ0n) is 11.3. The predicted molar refractivity (Wildman–Crippen MR) is 79.2 cm³/mol. The molecule has 0 spiro atoms. The van der Waals surface area contributed by atoms with Gasteiger partial charge in [0.1, 0.15) is 0 Å². The molecule has 5 heteroatoms. The van der Waals surface area contributed by atoms with Crippen molar-refractivity contribution in [1.29, 1.82) is 0 Å². The summed E-state index contributed by atoms with van der Waals surface area (Å²) < 4.78 is 12.3. The molecule has 1 aromatic carbocycles. The van der Waals surface area contributed by atoms with E-state index in [1.54, 1.807) is 6.20 Å². The van der Waals surface area contributed by atoms with Gasteiger partial charge < -0.3 is 9.26 Å². The van der Waals surface area contributed by atoms with Gasteiger partial charge in [0.25, 0.3) is 0 Å². The summed E-state index contributed by atoms with van der Waals surface area (Å²) in [5.41, 5.74) is 1.21. The minimum absolute atomic E-state index is 0.0970. The van der Waals surface area contributed by atoms with Crippen molar-refractivity contribution >= 4 is 15.9 Å². The third-order valence-corrected chi connectivity index (χ3v) is 4.27. The van der Waals surface area contributed by atoms with Gasteiger partial charge in [-0.3, -0.25) is 4.90 Å². The first-order valence-corrected chi connectivity index (χ1v) is 7.54. The molecule has 0 bridgehead atoms. The van der Waals surface area contributed by atoms with Gasteiger partial charge in [0.2, 0.25) is 0 Å². The predicted octanol–water partition coefficient (Wildman–Crippen LogP) is 3.40. The van der Waals surface area contributed by atoms with Gasteiger partial charge in [-0.25, -0.2) is 0 Å². The van der Waals surface area contributed by atoms with Crippen molar-refractivity contribution in [2.75, 3.05) is 13.2 Å².